The molecule has 0 aliphatic carbocycles. The summed E-state index contributed by atoms with van der Waals surface area (Å²) in [5.41, 5.74) is 3.89. The summed E-state index contributed by atoms with van der Waals surface area (Å²) in [7, 11) is 0. The first-order valence-electron chi connectivity index (χ1n) is 15.0. The maximum Gasteiger partial charge on any atom is 0.316 e. The number of aromatic nitrogens is 2. The van der Waals surface area contributed by atoms with Crippen molar-refractivity contribution in [1.82, 2.24) is 19.6 Å². The largest absolute Gasteiger partial charge is 0.483 e. The Balaban J connectivity index is 1.14. The average molecular weight is 562 g/mol. The zero-order valence-electron chi connectivity index (χ0n) is 24.1. The molecule has 0 amide bonds. The monoisotopic (exact) mass is 561 g/mol. The van der Waals surface area contributed by atoms with Crippen LogP contribution in [0.4, 0.5) is 5.69 Å². The van der Waals surface area contributed by atoms with Crippen molar-refractivity contribution in [2.24, 2.45) is 0 Å². The lowest BCUT2D eigenvalue weighted by molar-refractivity contribution is 0.0953. The topological polar surface area (TPSA) is 53.8 Å². The van der Waals surface area contributed by atoms with E-state index in [1.165, 1.54) is 15.8 Å². The van der Waals surface area contributed by atoms with Gasteiger partial charge in [0.15, 0.2) is 0 Å². The van der Waals surface area contributed by atoms with Crippen LogP contribution in [0.5, 0.6) is 5.75 Å². The van der Waals surface area contributed by atoms with Crippen LogP contribution in [0, 0.1) is 0 Å². The summed E-state index contributed by atoms with van der Waals surface area (Å²) >= 11 is 0. The number of ether oxygens (including phenoxy) is 1. The Bertz CT molecular complexity index is 1490. The van der Waals surface area contributed by atoms with Gasteiger partial charge in [-0.15, -0.1) is 0 Å². The molecule has 1 aromatic heterocycles. The van der Waals surface area contributed by atoms with Crippen molar-refractivity contribution < 1.29 is 4.74 Å². The Morgan fingerprint density at radius 3 is 2.10 bits per heavy atom. The third-order valence-electron chi connectivity index (χ3n) is 8.17. The van der Waals surface area contributed by atoms with E-state index in [0.29, 0.717) is 5.75 Å². The van der Waals surface area contributed by atoms with Crippen LogP contribution in [0.1, 0.15) is 24.0 Å². The molecule has 0 spiro atoms. The van der Waals surface area contributed by atoms with E-state index in [4.69, 9.17) is 4.74 Å². The predicted molar refractivity (Wildman–Crippen MR) is 169 cm³/mol. The summed E-state index contributed by atoms with van der Waals surface area (Å²) in [6, 6.07) is 30.6. The Hall–Kier alpha value is -4.20. The summed E-state index contributed by atoms with van der Waals surface area (Å²) in [6.07, 6.45) is 8.00. The number of anilines is 1. The molecule has 7 heteroatoms. The number of nitrogens with zero attached hydrogens (tertiary/aromatic N) is 5. The first kappa shape index (κ1) is 27.9. The van der Waals surface area contributed by atoms with Crippen LogP contribution in [0.2, 0.25) is 0 Å². The molecule has 0 radical (unpaired) electrons. The Labute approximate surface area is 248 Å². The zero-order valence-corrected chi connectivity index (χ0v) is 24.1. The smallest absolute Gasteiger partial charge is 0.316 e. The molecule has 0 atom stereocenters. The molecule has 4 aromatic rings. The van der Waals surface area contributed by atoms with E-state index in [1.54, 1.807) is 0 Å². The molecule has 0 bridgehead atoms. The van der Waals surface area contributed by atoms with Gasteiger partial charge < -0.3 is 9.64 Å². The normalized spacial score (nSPS) is 17.1. The average Bonchev–Trinajstić information content (AvgIpc) is 3.05. The van der Waals surface area contributed by atoms with E-state index < -0.39 is 0 Å². The molecule has 42 heavy (non-hydrogen) atoms. The van der Waals surface area contributed by atoms with Gasteiger partial charge in [-0.05, 0) is 36.1 Å². The van der Waals surface area contributed by atoms with Crippen molar-refractivity contribution in [3.05, 3.63) is 125 Å². The number of hydrogen-bond acceptors (Lipinski definition) is 6. The van der Waals surface area contributed by atoms with Gasteiger partial charge in [0, 0.05) is 52.4 Å². The first-order chi connectivity index (χ1) is 20.7. The number of piperazine rings is 1. The lowest BCUT2D eigenvalue weighted by Gasteiger charge is -2.37. The van der Waals surface area contributed by atoms with Crippen LogP contribution >= 0.6 is 0 Å². The summed E-state index contributed by atoms with van der Waals surface area (Å²) in [4.78, 5) is 21.0. The molecule has 3 aromatic carbocycles. The van der Waals surface area contributed by atoms with Gasteiger partial charge in [-0.1, -0.05) is 91.0 Å². The fourth-order valence-corrected chi connectivity index (χ4v) is 5.79. The highest BCUT2D eigenvalue weighted by atomic mass is 16.5. The number of likely N-dealkylation sites (tertiary alicyclic amines) is 1. The molecule has 6 rings (SSSR count). The van der Waals surface area contributed by atoms with Crippen LogP contribution < -0.4 is 15.2 Å². The predicted octanol–water partition coefficient (Wildman–Crippen LogP) is 5.11. The maximum absolute atomic E-state index is 13.9. The van der Waals surface area contributed by atoms with E-state index in [9.17, 15) is 4.79 Å². The Morgan fingerprint density at radius 2 is 1.40 bits per heavy atom. The summed E-state index contributed by atoms with van der Waals surface area (Å²) < 4.78 is 8.07. The minimum Gasteiger partial charge on any atom is -0.483 e. The summed E-state index contributed by atoms with van der Waals surface area (Å²) in [5.74, 6) is 0.424. The highest BCUT2D eigenvalue weighted by Gasteiger charge is 2.27. The van der Waals surface area contributed by atoms with E-state index in [1.807, 2.05) is 42.6 Å². The molecule has 2 fully saturated rings. The number of piperidine rings is 1. The second-order valence-corrected chi connectivity index (χ2v) is 11.1. The molecule has 2 saturated heterocycles. The molecule has 0 saturated carbocycles. The van der Waals surface area contributed by atoms with E-state index in [-0.39, 0.29) is 11.7 Å². The van der Waals surface area contributed by atoms with Crippen molar-refractivity contribution in [3.63, 3.8) is 0 Å². The van der Waals surface area contributed by atoms with Crippen molar-refractivity contribution in [1.29, 1.82) is 0 Å². The molecule has 216 valence electrons. The van der Waals surface area contributed by atoms with Gasteiger partial charge in [0.25, 0.3) is 0 Å². The van der Waals surface area contributed by atoms with Gasteiger partial charge in [0.2, 0.25) is 5.75 Å². The van der Waals surface area contributed by atoms with Gasteiger partial charge in [0.05, 0.1) is 11.9 Å². The van der Waals surface area contributed by atoms with Gasteiger partial charge in [-0.3, -0.25) is 14.6 Å². The fourth-order valence-electron chi connectivity index (χ4n) is 5.79. The van der Waals surface area contributed by atoms with Crippen LogP contribution in [-0.2, 0) is 6.54 Å². The van der Waals surface area contributed by atoms with E-state index >= 15 is 0 Å². The van der Waals surface area contributed by atoms with Gasteiger partial charge in [-0.2, -0.15) is 9.78 Å². The third-order valence-corrected chi connectivity index (χ3v) is 8.17. The Kier molecular flexibility index (Phi) is 9.08. The molecular weight excluding hydrogens is 522 g/mol. The van der Waals surface area contributed by atoms with Gasteiger partial charge >= 0.3 is 5.56 Å². The highest BCUT2D eigenvalue weighted by Crippen LogP contribution is 2.28. The standard InChI is InChI=1S/C35H39N5O2/c41-35-34(42-32-18-21-38(22-19-32)28-30-13-6-2-7-14-30)33(27-36-40(35)31-16-8-3-9-17-31)39-25-23-37(24-26-39)20-10-15-29-11-4-1-5-12-29/h1-17,27,32H,18-26,28H2/b15-10+. The Morgan fingerprint density at radius 1 is 0.762 bits per heavy atom. The van der Waals surface area contributed by atoms with Crippen LogP contribution in [-0.4, -0.2) is 71.5 Å². The fraction of sp³-hybridized carbons (Fsp3) is 0.314. The molecule has 2 aliphatic heterocycles. The number of rotatable bonds is 9. The molecule has 2 aliphatic rings. The third kappa shape index (κ3) is 6.98. The highest BCUT2D eigenvalue weighted by molar-refractivity contribution is 5.57. The van der Waals surface area contributed by atoms with Gasteiger partial charge in [0.1, 0.15) is 11.8 Å². The van der Waals surface area contributed by atoms with Crippen molar-refractivity contribution >= 4 is 11.8 Å². The van der Waals surface area contributed by atoms with E-state index in [0.717, 1.165) is 76.6 Å². The van der Waals surface area contributed by atoms with Crippen LogP contribution in [0.15, 0.2) is 108 Å². The molecule has 7 nitrogen and oxygen atoms in total. The number of benzene rings is 3. The molecule has 0 N–H and O–H groups in total. The van der Waals surface area contributed by atoms with Crippen molar-refractivity contribution in [2.45, 2.75) is 25.5 Å². The lowest BCUT2D eigenvalue weighted by Crippen LogP contribution is -2.47. The minimum absolute atomic E-state index is 0.000454. The van der Waals surface area contributed by atoms with Crippen molar-refractivity contribution in [2.75, 3.05) is 50.7 Å². The van der Waals surface area contributed by atoms with Crippen molar-refractivity contribution in [3.8, 4) is 11.4 Å². The SMILES string of the molecule is O=c1c(OC2CCN(Cc3ccccc3)CC2)c(N2CCN(C/C=C/c3ccccc3)CC2)cnn1-c1ccccc1. The quantitative estimate of drug-likeness (QED) is 0.283. The zero-order chi connectivity index (χ0) is 28.6. The van der Waals surface area contributed by atoms with Crippen LogP contribution in [0.3, 0.4) is 0 Å². The second kappa shape index (κ2) is 13.6. The minimum atomic E-state index is -0.196. The molecule has 3 heterocycles. The molecular formula is C35H39N5O2. The summed E-state index contributed by atoms with van der Waals surface area (Å²) in [6.45, 7) is 7.21. The second-order valence-electron chi connectivity index (χ2n) is 11.1. The number of para-hydroxylation sites is 1. The van der Waals surface area contributed by atoms with Crippen LogP contribution in [0.25, 0.3) is 11.8 Å². The molecule has 0 unspecified atom stereocenters. The first-order valence-corrected chi connectivity index (χ1v) is 15.0. The summed E-state index contributed by atoms with van der Waals surface area (Å²) in [5, 5.41) is 4.59. The maximum atomic E-state index is 13.9. The lowest BCUT2D eigenvalue weighted by atomic mass is 10.1. The van der Waals surface area contributed by atoms with E-state index in [2.05, 4.69) is 86.5 Å². The number of hydrogen-bond donors (Lipinski definition) is 0. The van der Waals surface area contributed by atoms with Gasteiger partial charge in [-0.25, -0.2) is 0 Å².